The molecule has 0 aromatic carbocycles. The number of hydrogen-bond donors (Lipinski definition) is 1. The van der Waals surface area contributed by atoms with E-state index >= 15 is 0 Å². The first kappa shape index (κ1) is 11.0. The summed E-state index contributed by atoms with van der Waals surface area (Å²) in [4.78, 5) is 15.5. The summed E-state index contributed by atoms with van der Waals surface area (Å²) in [6, 6.07) is -0.737. The summed E-state index contributed by atoms with van der Waals surface area (Å²) in [5.74, 6) is 0. The van der Waals surface area contributed by atoms with E-state index in [9.17, 15) is 18.0 Å². The van der Waals surface area contributed by atoms with Gasteiger partial charge >= 0.3 is 12.2 Å². The maximum atomic E-state index is 11.4. The van der Waals surface area contributed by atoms with E-state index in [0.29, 0.717) is 0 Å². The van der Waals surface area contributed by atoms with Crippen molar-refractivity contribution in [1.82, 2.24) is 10.4 Å². The van der Waals surface area contributed by atoms with E-state index in [1.54, 1.807) is 5.48 Å². The molecule has 0 spiro atoms. The van der Waals surface area contributed by atoms with Gasteiger partial charge < -0.3 is 4.90 Å². The van der Waals surface area contributed by atoms with Crippen molar-refractivity contribution in [3.05, 3.63) is 0 Å². The Morgan fingerprint density at radius 3 is 2.33 bits per heavy atom. The molecule has 0 aliphatic heterocycles. The first-order valence-electron chi connectivity index (χ1n) is 2.99. The van der Waals surface area contributed by atoms with Gasteiger partial charge in [0.1, 0.15) is 0 Å². The minimum absolute atomic E-state index is 0.737. The molecule has 0 aromatic heterocycles. The average Bonchev–Trinajstić information content (AvgIpc) is 1.84. The number of alkyl halides is 3. The number of nitrogens with zero attached hydrogens (tertiary/aromatic N) is 1. The Kier molecular flexibility index (Phi) is 3.81. The SMILES string of the molecule is CN(C)C(=O)NOCC(F)(F)F. The lowest BCUT2D eigenvalue weighted by molar-refractivity contribution is -0.184. The second-order valence-corrected chi connectivity index (χ2v) is 2.21. The molecule has 0 atom stereocenters. The molecule has 0 saturated carbocycles. The molecule has 12 heavy (non-hydrogen) atoms. The van der Waals surface area contributed by atoms with Crippen molar-refractivity contribution in [3.63, 3.8) is 0 Å². The van der Waals surface area contributed by atoms with Crippen molar-refractivity contribution in [3.8, 4) is 0 Å². The number of nitrogens with one attached hydrogen (secondary N) is 1. The van der Waals surface area contributed by atoms with Crippen LogP contribution >= 0.6 is 0 Å². The van der Waals surface area contributed by atoms with Gasteiger partial charge in [0.15, 0.2) is 6.61 Å². The average molecular weight is 186 g/mol. The molecule has 0 aromatic rings. The molecule has 2 amide bonds. The van der Waals surface area contributed by atoms with Crippen LogP contribution in [0.2, 0.25) is 0 Å². The van der Waals surface area contributed by atoms with Crippen LogP contribution in [0.4, 0.5) is 18.0 Å². The van der Waals surface area contributed by atoms with Gasteiger partial charge in [-0.25, -0.2) is 10.3 Å². The molecule has 1 N–H and O–H groups in total. The lowest BCUT2D eigenvalue weighted by Crippen LogP contribution is -2.36. The zero-order valence-corrected chi connectivity index (χ0v) is 6.60. The maximum Gasteiger partial charge on any atom is 0.414 e. The Morgan fingerprint density at radius 1 is 1.50 bits per heavy atom. The summed E-state index contributed by atoms with van der Waals surface area (Å²) < 4.78 is 34.3. The van der Waals surface area contributed by atoms with Gasteiger partial charge in [-0.3, -0.25) is 4.84 Å². The number of carbonyl (C=O) groups is 1. The molecule has 0 radical (unpaired) electrons. The normalized spacial score (nSPS) is 11.1. The van der Waals surface area contributed by atoms with Crippen LogP contribution in [0.25, 0.3) is 0 Å². The molecule has 0 bridgehead atoms. The van der Waals surface area contributed by atoms with E-state index in [-0.39, 0.29) is 0 Å². The third-order valence-corrected chi connectivity index (χ3v) is 0.801. The Balaban J connectivity index is 3.51. The highest BCUT2D eigenvalue weighted by Gasteiger charge is 2.28. The summed E-state index contributed by atoms with van der Waals surface area (Å²) in [7, 11) is 2.76. The number of carbonyl (C=O) groups excluding carboxylic acids is 1. The molecule has 0 aliphatic carbocycles. The molecule has 7 heteroatoms. The number of hydroxylamine groups is 1. The first-order chi connectivity index (χ1) is 5.33. The monoisotopic (exact) mass is 186 g/mol. The van der Waals surface area contributed by atoms with Crippen molar-refractivity contribution in [1.29, 1.82) is 0 Å². The van der Waals surface area contributed by atoms with Gasteiger partial charge in [0, 0.05) is 14.1 Å². The van der Waals surface area contributed by atoms with Crippen molar-refractivity contribution in [2.75, 3.05) is 20.7 Å². The number of urea groups is 1. The molecule has 0 aliphatic rings. The smallest absolute Gasteiger partial charge is 0.329 e. The minimum atomic E-state index is -4.43. The summed E-state index contributed by atoms with van der Waals surface area (Å²) in [5, 5.41) is 0. The van der Waals surface area contributed by atoms with Crippen molar-refractivity contribution in [2.24, 2.45) is 0 Å². The Morgan fingerprint density at radius 2 is 2.00 bits per heavy atom. The Hall–Kier alpha value is -0.980. The predicted octanol–water partition coefficient (Wildman–Crippen LogP) is 0.751. The summed E-state index contributed by atoms with van der Waals surface area (Å²) in [6.45, 7) is -1.49. The zero-order chi connectivity index (χ0) is 9.78. The van der Waals surface area contributed by atoms with Crippen LogP contribution in [0.5, 0.6) is 0 Å². The van der Waals surface area contributed by atoms with Crippen LogP contribution in [-0.4, -0.2) is 37.8 Å². The lowest BCUT2D eigenvalue weighted by atomic mass is 10.7. The third kappa shape index (κ3) is 5.78. The van der Waals surface area contributed by atoms with E-state index in [1.807, 2.05) is 0 Å². The van der Waals surface area contributed by atoms with Gasteiger partial charge in [-0.05, 0) is 0 Å². The van der Waals surface area contributed by atoms with Gasteiger partial charge in [0.05, 0.1) is 0 Å². The highest BCUT2D eigenvalue weighted by molar-refractivity contribution is 5.72. The molecular formula is C5H9F3N2O2. The largest absolute Gasteiger partial charge is 0.414 e. The molecule has 0 unspecified atom stereocenters. The number of rotatable bonds is 2. The fourth-order valence-electron chi connectivity index (χ4n) is 0.271. The van der Waals surface area contributed by atoms with E-state index in [4.69, 9.17) is 0 Å². The van der Waals surface area contributed by atoms with Crippen LogP contribution in [0, 0.1) is 0 Å². The fraction of sp³-hybridized carbons (Fsp3) is 0.800. The van der Waals surface area contributed by atoms with Crippen molar-refractivity contribution in [2.45, 2.75) is 6.18 Å². The van der Waals surface area contributed by atoms with E-state index < -0.39 is 18.8 Å². The van der Waals surface area contributed by atoms with Crippen molar-refractivity contribution >= 4 is 6.03 Å². The van der Waals surface area contributed by atoms with E-state index in [2.05, 4.69) is 4.84 Å². The molecule has 0 heterocycles. The number of amides is 2. The van der Waals surface area contributed by atoms with Crippen LogP contribution in [-0.2, 0) is 4.84 Å². The van der Waals surface area contributed by atoms with Crippen molar-refractivity contribution < 1.29 is 22.8 Å². The van der Waals surface area contributed by atoms with Gasteiger partial charge in [0.2, 0.25) is 0 Å². The highest BCUT2D eigenvalue weighted by atomic mass is 19.4. The highest BCUT2D eigenvalue weighted by Crippen LogP contribution is 2.13. The zero-order valence-electron chi connectivity index (χ0n) is 6.60. The Labute approximate surface area is 67.2 Å². The first-order valence-corrected chi connectivity index (χ1v) is 2.99. The van der Waals surface area contributed by atoms with E-state index in [1.165, 1.54) is 14.1 Å². The molecular weight excluding hydrogens is 177 g/mol. The molecule has 72 valence electrons. The summed E-state index contributed by atoms with van der Waals surface area (Å²) in [6.07, 6.45) is -4.43. The second kappa shape index (κ2) is 4.15. The minimum Gasteiger partial charge on any atom is -0.329 e. The van der Waals surface area contributed by atoms with Gasteiger partial charge in [-0.1, -0.05) is 0 Å². The quantitative estimate of drug-likeness (QED) is 0.646. The number of halogens is 3. The molecule has 4 nitrogen and oxygen atoms in total. The topological polar surface area (TPSA) is 41.6 Å². The maximum absolute atomic E-state index is 11.4. The van der Waals surface area contributed by atoms with Crippen LogP contribution in [0.3, 0.4) is 0 Å². The van der Waals surface area contributed by atoms with E-state index in [0.717, 1.165) is 4.90 Å². The molecule has 0 fully saturated rings. The van der Waals surface area contributed by atoms with Crippen LogP contribution in [0.15, 0.2) is 0 Å². The lowest BCUT2D eigenvalue weighted by Gasteiger charge is -2.12. The van der Waals surface area contributed by atoms with Gasteiger partial charge in [-0.15, -0.1) is 0 Å². The third-order valence-electron chi connectivity index (χ3n) is 0.801. The fourth-order valence-corrected chi connectivity index (χ4v) is 0.271. The Bertz CT molecular complexity index is 157. The van der Waals surface area contributed by atoms with Crippen LogP contribution in [0.1, 0.15) is 0 Å². The molecule has 0 saturated heterocycles. The number of hydrogen-bond acceptors (Lipinski definition) is 2. The predicted molar refractivity (Wildman–Crippen MR) is 34.2 cm³/mol. The summed E-state index contributed by atoms with van der Waals surface area (Å²) >= 11 is 0. The van der Waals surface area contributed by atoms with Gasteiger partial charge in [0.25, 0.3) is 0 Å². The summed E-state index contributed by atoms with van der Waals surface area (Å²) in [5.41, 5.74) is 1.61. The molecule has 0 rings (SSSR count). The second-order valence-electron chi connectivity index (χ2n) is 2.21. The van der Waals surface area contributed by atoms with Crippen LogP contribution < -0.4 is 5.48 Å². The van der Waals surface area contributed by atoms with Gasteiger partial charge in [-0.2, -0.15) is 13.2 Å². The standard InChI is InChI=1S/C5H9F3N2O2/c1-10(2)4(11)9-12-3-5(6,7)8/h3H2,1-2H3,(H,9,11).